The Labute approximate surface area is 45.9 Å². The van der Waals surface area contributed by atoms with Gasteiger partial charge >= 0.3 is 11.9 Å². The maximum Gasteiger partial charge on any atom is 0.518 e. The number of cyclic esters (lactones) is 2. The van der Waals surface area contributed by atoms with Crippen molar-refractivity contribution in [3.05, 3.63) is 12.2 Å². The highest BCUT2D eigenvalue weighted by atomic mass is 16.6. The van der Waals surface area contributed by atoms with E-state index < -0.39 is 5.97 Å². The number of carbonyl (C=O) groups excluding carboxylic acids is 2. The lowest BCUT2D eigenvalue weighted by Gasteiger charge is -1.89. The zero-order chi connectivity index (χ0) is 5.98. The average molecular weight is 113 g/mol. The molecule has 3 nitrogen and oxygen atoms in total. The van der Waals surface area contributed by atoms with E-state index in [4.69, 9.17) is 4.79 Å². The van der Waals surface area contributed by atoms with E-state index in [0.717, 1.165) is 0 Å². The van der Waals surface area contributed by atoms with Crippen LogP contribution in [0, 0.1) is 0 Å². The molecule has 1 heterocycles. The van der Waals surface area contributed by atoms with Crippen LogP contribution in [-0.2, 0) is 9.53 Å². The maximum absolute atomic E-state index is 10.2. The highest BCUT2D eigenvalue weighted by Crippen LogP contribution is 1.96. The summed E-state index contributed by atoms with van der Waals surface area (Å²) in [5.41, 5.74) is 0. The molecular weight excluding hydrogens is 108 g/mol. The minimum Gasteiger partial charge on any atom is -0.335 e. The number of esters is 2. The summed E-state index contributed by atoms with van der Waals surface area (Å²) in [6, 6.07) is 0. The van der Waals surface area contributed by atoms with E-state index in [2.05, 4.69) is 4.74 Å². The van der Waals surface area contributed by atoms with Crippen LogP contribution < -0.4 is 0 Å². The van der Waals surface area contributed by atoms with E-state index in [0.29, 0.717) is 0 Å². The Morgan fingerprint density at radius 1 is 1.75 bits per heavy atom. The summed E-state index contributed by atoms with van der Waals surface area (Å²) in [6.45, 7) is 0. The standard InChI is InChI=1S/C5H4O3/c6-4-2-1-3-5(7)8-4/h1-2H,3H2/p+1. The third kappa shape index (κ3) is 0.932. The number of ether oxygens (including phenoxy) is 1. The highest BCUT2D eigenvalue weighted by Gasteiger charge is 2.20. The van der Waals surface area contributed by atoms with Crippen molar-refractivity contribution in [1.29, 1.82) is 0 Å². The lowest BCUT2D eigenvalue weighted by atomic mass is 10.3. The number of hydrogen-bond acceptors (Lipinski definition) is 2. The predicted octanol–water partition coefficient (Wildman–Crippen LogP) is -0.00810. The van der Waals surface area contributed by atoms with Gasteiger partial charge in [0, 0.05) is 0 Å². The smallest absolute Gasteiger partial charge is 0.335 e. The molecule has 1 aliphatic heterocycles. The maximum atomic E-state index is 10.2. The van der Waals surface area contributed by atoms with Gasteiger partial charge in [0.1, 0.15) is 0 Å². The second-order valence-electron chi connectivity index (χ2n) is 1.42. The van der Waals surface area contributed by atoms with Crippen LogP contribution in [-0.4, -0.2) is 16.7 Å². The van der Waals surface area contributed by atoms with Gasteiger partial charge in [0.15, 0.2) is 0 Å². The molecule has 0 aromatic rings. The van der Waals surface area contributed by atoms with E-state index >= 15 is 0 Å². The van der Waals surface area contributed by atoms with Gasteiger partial charge in [-0.1, -0.05) is 6.08 Å². The van der Waals surface area contributed by atoms with E-state index in [9.17, 15) is 4.79 Å². The van der Waals surface area contributed by atoms with Crippen LogP contribution in [0.5, 0.6) is 0 Å². The Hall–Kier alpha value is -1.12. The van der Waals surface area contributed by atoms with Crippen molar-refractivity contribution in [2.24, 2.45) is 0 Å². The van der Waals surface area contributed by atoms with Crippen molar-refractivity contribution in [2.45, 2.75) is 6.42 Å². The SMILES string of the molecule is O=C1CC=CC(=[OH+])O1. The first kappa shape index (κ1) is 5.03. The van der Waals surface area contributed by atoms with Crippen molar-refractivity contribution in [3.63, 3.8) is 0 Å². The Bertz CT molecular complexity index is 157. The summed E-state index contributed by atoms with van der Waals surface area (Å²) in [7, 11) is 0. The van der Waals surface area contributed by atoms with E-state index in [1.54, 1.807) is 6.08 Å². The monoisotopic (exact) mass is 113 g/mol. The first-order valence-corrected chi connectivity index (χ1v) is 2.22. The summed E-state index contributed by atoms with van der Waals surface area (Å²) in [6.07, 6.45) is 3.15. The Kier molecular flexibility index (Phi) is 1.12. The van der Waals surface area contributed by atoms with Crippen LogP contribution in [0.4, 0.5) is 0 Å². The zero-order valence-electron chi connectivity index (χ0n) is 4.13. The molecule has 0 amide bonds. The van der Waals surface area contributed by atoms with Gasteiger partial charge in [-0.2, -0.15) is 0 Å². The van der Waals surface area contributed by atoms with Gasteiger partial charge in [-0.15, -0.1) is 0 Å². The van der Waals surface area contributed by atoms with Crippen LogP contribution in [0.25, 0.3) is 0 Å². The highest BCUT2D eigenvalue weighted by molar-refractivity contribution is 5.96. The van der Waals surface area contributed by atoms with Crippen molar-refractivity contribution >= 4 is 11.9 Å². The van der Waals surface area contributed by atoms with Crippen molar-refractivity contribution in [3.8, 4) is 0 Å². The number of rotatable bonds is 0. The first-order valence-electron chi connectivity index (χ1n) is 2.22. The lowest BCUT2D eigenvalue weighted by molar-refractivity contribution is -0.135. The van der Waals surface area contributed by atoms with Gasteiger partial charge in [-0.05, 0) is 0 Å². The Morgan fingerprint density at radius 2 is 2.50 bits per heavy atom. The molecule has 0 saturated heterocycles. The zero-order valence-corrected chi connectivity index (χ0v) is 4.13. The summed E-state index contributed by atoms with van der Waals surface area (Å²) >= 11 is 0. The average Bonchev–Trinajstić information content (AvgIpc) is 1.64. The summed E-state index contributed by atoms with van der Waals surface area (Å²) in [5, 5.41) is 0. The minimum atomic E-state index is -0.412. The minimum absolute atomic E-state index is 0.254. The fraction of sp³-hybridized carbons (Fsp3) is 0.200. The van der Waals surface area contributed by atoms with Gasteiger partial charge in [0.25, 0.3) is 0 Å². The largest absolute Gasteiger partial charge is 0.518 e. The Morgan fingerprint density at radius 3 is 2.88 bits per heavy atom. The van der Waals surface area contributed by atoms with E-state index in [-0.39, 0.29) is 12.4 Å². The topological polar surface area (TPSA) is 47.7 Å². The van der Waals surface area contributed by atoms with Gasteiger partial charge in [-0.3, -0.25) is 0 Å². The number of carbonyl (C=O) groups is 1. The molecule has 1 rings (SSSR count). The Balaban J connectivity index is 2.68. The lowest BCUT2D eigenvalue weighted by Crippen LogP contribution is -2.13. The summed E-state index contributed by atoms with van der Waals surface area (Å²) < 4.78 is 4.23. The molecule has 42 valence electrons. The molecule has 0 unspecified atom stereocenters. The second-order valence-corrected chi connectivity index (χ2v) is 1.42. The van der Waals surface area contributed by atoms with Crippen LogP contribution in [0.1, 0.15) is 6.42 Å². The number of hydrogen-bond donors (Lipinski definition) is 0. The molecule has 3 heteroatoms. The molecule has 0 fully saturated rings. The second kappa shape index (κ2) is 1.78. The summed E-state index contributed by atoms with van der Waals surface area (Å²) in [5.74, 6) is -0.730. The van der Waals surface area contributed by atoms with E-state index in [1.807, 2.05) is 0 Å². The molecular formula is C5H5O3+. The molecule has 8 heavy (non-hydrogen) atoms. The quantitative estimate of drug-likeness (QED) is 0.252. The van der Waals surface area contributed by atoms with Crippen LogP contribution in [0.2, 0.25) is 0 Å². The predicted molar refractivity (Wildman–Crippen MR) is 26.8 cm³/mol. The molecule has 0 bridgehead atoms. The van der Waals surface area contributed by atoms with Crippen molar-refractivity contribution < 1.29 is 14.3 Å². The molecule has 0 saturated carbocycles. The fourth-order valence-electron chi connectivity index (χ4n) is 0.448. The van der Waals surface area contributed by atoms with Crippen molar-refractivity contribution in [1.82, 2.24) is 0 Å². The molecule has 0 aromatic heterocycles. The molecule has 0 aliphatic carbocycles. The van der Waals surface area contributed by atoms with Crippen LogP contribution >= 0.6 is 0 Å². The molecule has 0 spiro atoms. The van der Waals surface area contributed by atoms with Crippen LogP contribution in [0.15, 0.2) is 12.2 Å². The molecule has 1 aliphatic rings. The van der Waals surface area contributed by atoms with Gasteiger partial charge in [-0.25, -0.2) is 9.53 Å². The first-order chi connectivity index (χ1) is 3.79. The van der Waals surface area contributed by atoms with Gasteiger partial charge < -0.3 is 4.79 Å². The van der Waals surface area contributed by atoms with E-state index in [1.165, 1.54) is 6.08 Å². The molecule has 0 aromatic carbocycles. The summed E-state index contributed by atoms with van der Waals surface area (Å²) in [4.78, 5) is 18.7. The third-order valence-electron chi connectivity index (χ3n) is 0.763. The molecule has 1 N–H and O–H groups in total. The van der Waals surface area contributed by atoms with Crippen molar-refractivity contribution in [2.75, 3.05) is 0 Å². The van der Waals surface area contributed by atoms with Gasteiger partial charge in [0.05, 0.1) is 12.5 Å². The third-order valence-corrected chi connectivity index (χ3v) is 0.763. The van der Waals surface area contributed by atoms with Crippen LogP contribution in [0.3, 0.4) is 0 Å². The normalized spacial score (nSPS) is 18.5. The van der Waals surface area contributed by atoms with Gasteiger partial charge in [0.2, 0.25) is 0 Å². The molecule has 0 radical (unpaired) electrons. The molecule has 0 atom stereocenters. The fourth-order valence-corrected chi connectivity index (χ4v) is 0.448.